The number of hydrogen-bond acceptors (Lipinski definition) is 4. The molecule has 3 aliphatic rings. The molecule has 0 aromatic heterocycles. The van der Waals surface area contributed by atoms with Crippen LogP contribution in [-0.2, 0) is 4.74 Å². The van der Waals surface area contributed by atoms with Crippen LogP contribution >= 0.6 is 0 Å². The average molecular weight is 460 g/mol. The van der Waals surface area contributed by atoms with Crippen molar-refractivity contribution in [2.75, 3.05) is 0 Å². The van der Waals surface area contributed by atoms with E-state index in [1.165, 1.54) is 37.7 Å². The third-order valence-corrected chi connectivity index (χ3v) is 8.70. The molecule has 5 nitrogen and oxygen atoms in total. The fourth-order valence-corrected chi connectivity index (χ4v) is 6.97. The van der Waals surface area contributed by atoms with E-state index in [9.17, 15) is 15.0 Å². The topological polar surface area (TPSA) is 92.8 Å². The molecule has 1 amide bonds. The first-order valence-corrected chi connectivity index (χ1v) is 12.9. The summed E-state index contributed by atoms with van der Waals surface area (Å²) in [6.07, 6.45) is 12.6. The summed E-state index contributed by atoms with van der Waals surface area (Å²) in [5.74, 6) is 1.99. The molecule has 0 bridgehead atoms. The van der Waals surface area contributed by atoms with E-state index in [1.54, 1.807) is 0 Å². The van der Waals surface area contributed by atoms with Crippen molar-refractivity contribution in [2.45, 2.75) is 110 Å². The van der Waals surface area contributed by atoms with Crippen LogP contribution in [0.2, 0.25) is 0 Å². The lowest BCUT2D eigenvalue weighted by Gasteiger charge is -2.44. The summed E-state index contributed by atoms with van der Waals surface area (Å²) in [6.45, 7) is 12.8. The molecule has 0 aromatic rings. The first-order valence-electron chi connectivity index (χ1n) is 12.9. The molecule has 3 saturated carbocycles. The Hall–Kier alpha value is -1.59. The summed E-state index contributed by atoms with van der Waals surface area (Å²) < 4.78 is 5.17. The lowest BCUT2D eigenvalue weighted by molar-refractivity contribution is 0.0591. The number of aliphatic hydroxyl groups is 2. The van der Waals surface area contributed by atoms with Crippen molar-refractivity contribution in [1.82, 2.24) is 0 Å². The van der Waals surface area contributed by atoms with Crippen molar-refractivity contribution in [2.24, 2.45) is 28.9 Å². The Morgan fingerprint density at radius 2 is 2.09 bits per heavy atom. The molecule has 6 atom stereocenters. The van der Waals surface area contributed by atoms with Crippen molar-refractivity contribution >= 4 is 6.09 Å². The lowest BCUT2D eigenvalue weighted by atomic mass is 9.60. The zero-order chi connectivity index (χ0) is 24.4. The van der Waals surface area contributed by atoms with Gasteiger partial charge in [0.25, 0.3) is 0 Å². The highest BCUT2D eigenvalue weighted by Crippen LogP contribution is 2.60. The highest BCUT2D eigenvalue weighted by atomic mass is 16.6. The molecule has 0 saturated heterocycles. The second-order valence-electron chi connectivity index (χ2n) is 11.8. The number of rotatable bonds is 7. The first kappa shape index (κ1) is 26.0. The Morgan fingerprint density at radius 1 is 1.36 bits per heavy atom. The van der Waals surface area contributed by atoms with Gasteiger partial charge in [-0.3, -0.25) is 0 Å². The molecule has 0 radical (unpaired) electrons. The molecule has 5 heteroatoms. The monoisotopic (exact) mass is 459 g/mol. The molecule has 0 aliphatic heterocycles. The van der Waals surface area contributed by atoms with Crippen LogP contribution in [0.5, 0.6) is 0 Å². The first-order chi connectivity index (χ1) is 15.4. The normalized spacial score (nSPS) is 36.1. The largest absolute Gasteiger partial charge is 0.446 e. The van der Waals surface area contributed by atoms with E-state index in [4.69, 9.17) is 10.5 Å². The molecule has 0 aromatic carbocycles. The molecule has 186 valence electrons. The second kappa shape index (κ2) is 10.4. The summed E-state index contributed by atoms with van der Waals surface area (Å²) in [4.78, 5) is 11.2. The van der Waals surface area contributed by atoms with Crippen LogP contribution in [0.3, 0.4) is 0 Å². The zero-order valence-corrected chi connectivity index (χ0v) is 21.1. The van der Waals surface area contributed by atoms with Gasteiger partial charge in [0.1, 0.15) is 6.10 Å². The van der Waals surface area contributed by atoms with Gasteiger partial charge in [0.15, 0.2) is 0 Å². The van der Waals surface area contributed by atoms with Crippen LogP contribution in [0.25, 0.3) is 0 Å². The van der Waals surface area contributed by atoms with Crippen LogP contribution in [0, 0.1) is 23.2 Å². The Balaban J connectivity index is 1.71. The SMILES string of the molecule is C=C1/C(=C\C=C2/CCC[C@]3(C)[C@@H]([C@H](C)CCCC(C)(C)O)CC[C@@H]23)C[C@@H](OC(N)=O)C[C@@H]1O. The summed E-state index contributed by atoms with van der Waals surface area (Å²) >= 11 is 0. The fraction of sp³-hybridized carbons (Fsp3) is 0.750. The summed E-state index contributed by atoms with van der Waals surface area (Å²) in [5.41, 5.74) is 8.14. The van der Waals surface area contributed by atoms with Gasteiger partial charge in [-0.05, 0) is 86.7 Å². The van der Waals surface area contributed by atoms with E-state index in [2.05, 4.69) is 32.6 Å². The van der Waals surface area contributed by atoms with E-state index in [-0.39, 0.29) is 0 Å². The molecule has 3 rings (SSSR count). The van der Waals surface area contributed by atoms with Gasteiger partial charge in [-0.15, -0.1) is 0 Å². The number of amides is 1. The van der Waals surface area contributed by atoms with Gasteiger partial charge in [-0.2, -0.15) is 0 Å². The summed E-state index contributed by atoms with van der Waals surface area (Å²) in [7, 11) is 0. The Kier molecular flexibility index (Phi) is 8.16. The number of nitrogens with two attached hydrogens (primary N) is 1. The van der Waals surface area contributed by atoms with E-state index < -0.39 is 23.9 Å². The molecule has 0 heterocycles. The highest BCUT2D eigenvalue weighted by Gasteiger charge is 2.50. The number of carbonyl (C=O) groups excluding carboxylic acids is 1. The zero-order valence-electron chi connectivity index (χ0n) is 21.1. The third kappa shape index (κ3) is 6.30. The molecular weight excluding hydrogens is 414 g/mol. The van der Waals surface area contributed by atoms with E-state index >= 15 is 0 Å². The highest BCUT2D eigenvalue weighted by molar-refractivity contribution is 5.65. The van der Waals surface area contributed by atoms with Crippen LogP contribution in [0.1, 0.15) is 91.9 Å². The van der Waals surface area contributed by atoms with Crippen LogP contribution < -0.4 is 5.73 Å². The number of fused-ring (bicyclic) bond motifs is 1. The van der Waals surface area contributed by atoms with Gasteiger partial charge in [-0.1, -0.05) is 51.0 Å². The fourth-order valence-electron chi connectivity index (χ4n) is 6.97. The van der Waals surface area contributed by atoms with Gasteiger partial charge in [0.05, 0.1) is 11.7 Å². The molecule has 0 unspecified atom stereocenters. The number of primary amides is 1. The molecule has 4 N–H and O–H groups in total. The standard InChI is InChI=1S/C28H45NO4/c1-18(8-6-14-27(3,4)32)23-12-13-24-20(9-7-15-28(23,24)5)10-11-21-16-22(33-26(29)31)17-25(30)19(21)2/h10-11,18,22-25,30,32H,2,6-9,12-17H2,1,3-5H3,(H2,29,31)/b20-10+,21-11-/t18-,22-,23-,24+,25+,28-/m1/s1. The van der Waals surface area contributed by atoms with Crippen LogP contribution in [0.4, 0.5) is 4.79 Å². The second-order valence-corrected chi connectivity index (χ2v) is 11.8. The maximum atomic E-state index is 11.2. The molecule has 33 heavy (non-hydrogen) atoms. The minimum Gasteiger partial charge on any atom is -0.446 e. The van der Waals surface area contributed by atoms with Gasteiger partial charge in [0, 0.05) is 12.8 Å². The van der Waals surface area contributed by atoms with Gasteiger partial charge < -0.3 is 20.7 Å². The molecule has 3 aliphatic carbocycles. The van der Waals surface area contributed by atoms with E-state index in [0.717, 1.165) is 36.3 Å². The van der Waals surface area contributed by atoms with Crippen LogP contribution in [0.15, 0.2) is 35.5 Å². The minimum absolute atomic E-state index is 0.331. The van der Waals surface area contributed by atoms with Crippen LogP contribution in [-0.4, -0.2) is 34.1 Å². The maximum absolute atomic E-state index is 11.2. The number of allylic oxidation sites excluding steroid dienone is 3. The number of hydrogen-bond donors (Lipinski definition) is 3. The van der Waals surface area contributed by atoms with Gasteiger partial charge >= 0.3 is 6.09 Å². The van der Waals surface area contributed by atoms with Crippen molar-refractivity contribution < 1.29 is 19.7 Å². The predicted octanol–water partition coefficient (Wildman–Crippen LogP) is 5.81. The van der Waals surface area contributed by atoms with Crippen molar-refractivity contribution in [3.05, 3.63) is 35.5 Å². The van der Waals surface area contributed by atoms with Gasteiger partial charge in [0.2, 0.25) is 0 Å². The number of carbonyl (C=O) groups is 1. The Labute approximate surface area is 200 Å². The minimum atomic E-state index is -0.797. The predicted molar refractivity (Wildman–Crippen MR) is 132 cm³/mol. The quantitative estimate of drug-likeness (QED) is 0.448. The maximum Gasteiger partial charge on any atom is 0.404 e. The van der Waals surface area contributed by atoms with Crippen molar-refractivity contribution in [3.8, 4) is 0 Å². The average Bonchev–Trinajstić information content (AvgIpc) is 3.05. The van der Waals surface area contributed by atoms with E-state index in [1.807, 2.05) is 13.8 Å². The number of aliphatic hydroxyl groups excluding tert-OH is 1. The van der Waals surface area contributed by atoms with E-state index in [0.29, 0.717) is 30.1 Å². The number of ether oxygens (including phenoxy) is 1. The van der Waals surface area contributed by atoms with Crippen molar-refractivity contribution in [1.29, 1.82) is 0 Å². The lowest BCUT2D eigenvalue weighted by Crippen LogP contribution is -2.36. The Bertz CT molecular complexity index is 792. The van der Waals surface area contributed by atoms with Crippen molar-refractivity contribution in [3.63, 3.8) is 0 Å². The Morgan fingerprint density at radius 3 is 2.76 bits per heavy atom. The summed E-state index contributed by atoms with van der Waals surface area (Å²) in [6, 6.07) is 0. The molecular formula is C28H45NO4. The molecule has 3 fully saturated rings. The van der Waals surface area contributed by atoms with Gasteiger partial charge in [-0.25, -0.2) is 4.79 Å². The third-order valence-electron chi connectivity index (χ3n) is 8.70. The molecule has 0 spiro atoms. The summed E-state index contributed by atoms with van der Waals surface area (Å²) in [5, 5.41) is 20.4. The smallest absolute Gasteiger partial charge is 0.404 e.